The van der Waals surface area contributed by atoms with Crippen molar-refractivity contribution in [2.24, 2.45) is 0 Å². The maximum absolute atomic E-state index is 13.0. The first-order valence-electron chi connectivity index (χ1n) is 9.82. The minimum Gasteiger partial charge on any atom is -0.439 e. The van der Waals surface area contributed by atoms with E-state index in [4.69, 9.17) is 4.74 Å². The summed E-state index contributed by atoms with van der Waals surface area (Å²) in [5.74, 6) is 1.59. The first-order chi connectivity index (χ1) is 15.6. The molecule has 0 atom stereocenters. The second kappa shape index (κ2) is 8.16. The van der Waals surface area contributed by atoms with Crippen LogP contribution in [0.1, 0.15) is 0 Å². The van der Waals surface area contributed by atoms with Crippen LogP contribution in [0.4, 0.5) is 5.69 Å². The Labute approximate surface area is 185 Å². The molecule has 0 radical (unpaired) electrons. The van der Waals surface area contributed by atoms with Gasteiger partial charge < -0.3 is 9.30 Å². The van der Waals surface area contributed by atoms with Gasteiger partial charge in [0.15, 0.2) is 0 Å². The number of anilines is 1. The molecule has 3 aromatic carbocycles. The highest BCUT2D eigenvalue weighted by Crippen LogP contribution is 2.27. The highest BCUT2D eigenvalue weighted by molar-refractivity contribution is 7.93. The minimum atomic E-state index is -3.76. The summed E-state index contributed by atoms with van der Waals surface area (Å²) in [6.07, 6.45) is 5.18. The molecule has 0 fully saturated rings. The first kappa shape index (κ1) is 19.8. The third-order valence-corrected chi connectivity index (χ3v) is 6.30. The zero-order valence-corrected chi connectivity index (χ0v) is 17.6. The van der Waals surface area contributed by atoms with E-state index in [0.717, 1.165) is 5.39 Å². The van der Waals surface area contributed by atoms with Crippen molar-refractivity contribution in [3.8, 4) is 17.4 Å². The van der Waals surface area contributed by atoms with Crippen molar-refractivity contribution in [1.29, 1.82) is 0 Å². The lowest BCUT2D eigenvalue weighted by Crippen LogP contribution is -2.13. The molecule has 2 heterocycles. The van der Waals surface area contributed by atoms with Crippen LogP contribution in [0.2, 0.25) is 0 Å². The van der Waals surface area contributed by atoms with Crippen molar-refractivity contribution in [2.45, 2.75) is 4.90 Å². The molecule has 32 heavy (non-hydrogen) atoms. The molecule has 158 valence electrons. The van der Waals surface area contributed by atoms with Crippen LogP contribution in [-0.2, 0) is 10.0 Å². The average Bonchev–Trinajstić information content (AvgIpc) is 3.35. The number of ether oxygens (including phenoxy) is 1. The minimum absolute atomic E-state index is 0.231. The van der Waals surface area contributed by atoms with Gasteiger partial charge in [-0.3, -0.25) is 4.72 Å². The number of aromatic nitrogens is 3. The summed E-state index contributed by atoms with van der Waals surface area (Å²) in [7, 11) is -3.76. The van der Waals surface area contributed by atoms with Crippen molar-refractivity contribution in [1.82, 2.24) is 14.5 Å². The molecule has 0 saturated carbocycles. The fourth-order valence-electron chi connectivity index (χ4n) is 3.37. The number of benzene rings is 3. The largest absolute Gasteiger partial charge is 0.439 e. The molecule has 0 aliphatic heterocycles. The summed E-state index contributed by atoms with van der Waals surface area (Å²) in [6, 6.07) is 24.8. The molecule has 0 bridgehead atoms. The molecule has 5 aromatic rings. The van der Waals surface area contributed by atoms with Crippen LogP contribution in [0.5, 0.6) is 11.6 Å². The number of sulfonamides is 1. The van der Waals surface area contributed by atoms with E-state index in [0.29, 0.717) is 28.5 Å². The average molecular weight is 443 g/mol. The van der Waals surface area contributed by atoms with Gasteiger partial charge in [-0.25, -0.2) is 18.4 Å². The zero-order chi connectivity index (χ0) is 22.0. The summed E-state index contributed by atoms with van der Waals surface area (Å²) in [5.41, 5.74) is 0.431. The Bertz CT molecular complexity index is 1480. The number of fused-ring (bicyclic) bond motifs is 1. The predicted molar refractivity (Wildman–Crippen MR) is 123 cm³/mol. The van der Waals surface area contributed by atoms with Crippen LogP contribution in [-0.4, -0.2) is 23.0 Å². The molecule has 0 unspecified atom stereocenters. The maximum atomic E-state index is 13.0. The quantitative estimate of drug-likeness (QED) is 0.399. The Morgan fingerprint density at radius 2 is 1.56 bits per heavy atom. The lowest BCUT2D eigenvalue weighted by Gasteiger charge is -2.11. The molecular weight excluding hydrogens is 424 g/mol. The van der Waals surface area contributed by atoms with Gasteiger partial charge in [0.2, 0.25) is 5.88 Å². The Morgan fingerprint density at radius 1 is 0.812 bits per heavy atom. The van der Waals surface area contributed by atoms with Crippen molar-refractivity contribution < 1.29 is 13.2 Å². The van der Waals surface area contributed by atoms with Crippen molar-refractivity contribution >= 4 is 26.5 Å². The Morgan fingerprint density at radius 3 is 2.38 bits per heavy atom. The van der Waals surface area contributed by atoms with Crippen molar-refractivity contribution in [3.05, 3.63) is 104 Å². The van der Waals surface area contributed by atoms with Gasteiger partial charge in [-0.05, 0) is 47.9 Å². The van der Waals surface area contributed by atoms with E-state index < -0.39 is 10.0 Å². The molecule has 0 aliphatic carbocycles. The van der Waals surface area contributed by atoms with Crippen LogP contribution < -0.4 is 9.46 Å². The van der Waals surface area contributed by atoms with Gasteiger partial charge in [0, 0.05) is 29.5 Å². The summed E-state index contributed by atoms with van der Waals surface area (Å²) < 4.78 is 36.2. The van der Waals surface area contributed by atoms with E-state index in [1.807, 2.05) is 53.4 Å². The van der Waals surface area contributed by atoms with Crippen molar-refractivity contribution in [2.75, 3.05) is 4.72 Å². The van der Waals surface area contributed by atoms with E-state index in [1.54, 1.807) is 48.5 Å². The number of nitrogens with one attached hydrogen (secondary N) is 1. The molecule has 0 spiro atoms. The monoisotopic (exact) mass is 442 g/mol. The molecule has 0 amide bonds. The summed E-state index contributed by atoms with van der Waals surface area (Å²) in [4.78, 5) is 8.59. The maximum Gasteiger partial charge on any atom is 0.262 e. The number of rotatable bonds is 6. The number of hydrogen-bond donors (Lipinski definition) is 1. The zero-order valence-electron chi connectivity index (χ0n) is 16.8. The number of nitrogens with zero attached hydrogens (tertiary/aromatic N) is 3. The second-order valence-electron chi connectivity index (χ2n) is 7.01. The predicted octanol–water partition coefficient (Wildman–Crippen LogP) is 5.01. The smallest absolute Gasteiger partial charge is 0.262 e. The van der Waals surface area contributed by atoms with Gasteiger partial charge in [0.25, 0.3) is 10.0 Å². The van der Waals surface area contributed by atoms with Crippen LogP contribution in [0.25, 0.3) is 16.6 Å². The lowest BCUT2D eigenvalue weighted by atomic mass is 10.1. The topological polar surface area (TPSA) is 86.1 Å². The highest BCUT2D eigenvalue weighted by atomic mass is 32.2. The fraction of sp³-hybridized carbons (Fsp3) is 0. The van der Waals surface area contributed by atoms with Crippen molar-refractivity contribution in [3.63, 3.8) is 0 Å². The molecule has 1 N–H and O–H groups in total. The Balaban J connectivity index is 1.34. The van der Waals surface area contributed by atoms with Gasteiger partial charge in [-0.2, -0.15) is 0 Å². The Hall–Kier alpha value is -4.17. The Kier molecular flexibility index (Phi) is 5.04. The number of hydrogen-bond acceptors (Lipinski definition) is 5. The third-order valence-electron chi connectivity index (χ3n) is 4.86. The van der Waals surface area contributed by atoms with Gasteiger partial charge in [-0.15, -0.1) is 0 Å². The molecule has 0 aliphatic rings. The van der Waals surface area contributed by atoms with E-state index in [-0.39, 0.29) is 4.90 Å². The first-order valence-corrected chi connectivity index (χ1v) is 11.3. The molecular formula is C24H18N4O3S. The van der Waals surface area contributed by atoms with Crippen LogP contribution in [0.3, 0.4) is 0 Å². The highest BCUT2D eigenvalue weighted by Gasteiger charge is 2.17. The van der Waals surface area contributed by atoms with Gasteiger partial charge >= 0.3 is 0 Å². The van der Waals surface area contributed by atoms with Crippen LogP contribution >= 0.6 is 0 Å². The normalized spacial score (nSPS) is 11.4. The van der Waals surface area contributed by atoms with E-state index in [2.05, 4.69) is 14.7 Å². The van der Waals surface area contributed by atoms with Gasteiger partial charge in [0.05, 0.1) is 4.90 Å². The molecule has 5 rings (SSSR count). The summed E-state index contributed by atoms with van der Waals surface area (Å²) in [5, 5.41) is 1.54. The van der Waals surface area contributed by atoms with Gasteiger partial charge in [0.1, 0.15) is 17.9 Å². The third kappa shape index (κ3) is 4.03. The van der Waals surface area contributed by atoms with E-state index in [1.165, 1.54) is 6.33 Å². The van der Waals surface area contributed by atoms with E-state index in [9.17, 15) is 8.42 Å². The molecule has 8 heteroatoms. The second-order valence-corrected chi connectivity index (χ2v) is 8.66. The van der Waals surface area contributed by atoms with Crippen LogP contribution in [0.15, 0.2) is 109 Å². The van der Waals surface area contributed by atoms with E-state index >= 15 is 0 Å². The summed E-state index contributed by atoms with van der Waals surface area (Å²) in [6.45, 7) is 0. The molecule has 0 saturated heterocycles. The SMILES string of the molecule is O=S(=O)(Nc1ccc(Oc2cc(-n3cccc3)ncn2)cc1)c1cccc2ccccc12. The lowest BCUT2D eigenvalue weighted by molar-refractivity contribution is 0.461. The molecule has 2 aromatic heterocycles. The molecule has 7 nitrogen and oxygen atoms in total. The van der Waals surface area contributed by atoms with Gasteiger partial charge in [-0.1, -0.05) is 36.4 Å². The fourth-order valence-corrected chi connectivity index (χ4v) is 4.66. The van der Waals surface area contributed by atoms with Crippen LogP contribution in [0, 0.1) is 0 Å². The summed E-state index contributed by atoms with van der Waals surface area (Å²) >= 11 is 0. The standard InChI is InChI=1S/C24H18N4O3S/c29-32(30,22-9-5-7-18-6-1-2-8-21(18)22)27-19-10-12-20(13-11-19)31-24-16-23(25-17-26-24)28-14-3-4-15-28/h1-17,27H.